The summed E-state index contributed by atoms with van der Waals surface area (Å²) in [5.41, 5.74) is 0. The molecule has 0 radical (unpaired) electrons. The van der Waals surface area contributed by atoms with Crippen molar-refractivity contribution in [2.24, 2.45) is 0 Å². The van der Waals surface area contributed by atoms with Crippen molar-refractivity contribution in [1.29, 1.82) is 0 Å². The van der Waals surface area contributed by atoms with Crippen LogP contribution >= 0.6 is 23.4 Å². The summed E-state index contributed by atoms with van der Waals surface area (Å²) in [5.74, 6) is 1.57. The van der Waals surface area contributed by atoms with E-state index in [-0.39, 0.29) is 11.3 Å². The van der Waals surface area contributed by atoms with Gasteiger partial charge in [0.2, 0.25) is 11.2 Å². The van der Waals surface area contributed by atoms with Gasteiger partial charge in [0, 0.05) is 6.54 Å². The quantitative estimate of drug-likeness (QED) is 0.736. The maximum absolute atomic E-state index is 5.78. The zero-order valence-electron chi connectivity index (χ0n) is 10.1. The van der Waals surface area contributed by atoms with E-state index in [0.29, 0.717) is 12.6 Å². The lowest BCUT2D eigenvalue weighted by molar-refractivity contribution is 0.291. The van der Waals surface area contributed by atoms with Crippen LogP contribution < -0.4 is 10.1 Å². The molecular formula is C10H17ClN4OS. The highest BCUT2D eigenvalue weighted by molar-refractivity contribution is 7.98. The van der Waals surface area contributed by atoms with Crippen LogP contribution in [0.15, 0.2) is 0 Å². The molecular weight excluding hydrogens is 260 g/mol. The molecule has 17 heavy (non-hydrogen) atoms. The molecule has 0 aliphatic rings. The summed E-state index contributed by atoms with van der Waals surface area (Å²) in [5, 5.41) is 3.25. The summed E-state index contributed by atoms with van der Waals surface area (Å²) >= 11 is 7.59. The predicted octanol–water partition coefficient (Wildman–Crippen LogP) is 2.48. The Labute approximate surface area is 111 Å². The molecule has 96 valence electrons. The van der Waals surface area contributed by atoms with Crippen molar-refractivity contribution in [3.8, 4) is 6.01 Å². The monoisotopic (exact) mass is 276 g/mol. The largest absolute Gasteiger partial charge is 0.463 e. The Kier molecular flexibility index (Phi) is 7.04. The highest BCUT2D eigenvalue weighted by Crippen LogP contribution is 2.11. The van der Waals surface area contributed by atoms with Gasteiger partial charge in [-0.3, -0.25) is 0 Å². The van der Waals surface area contributed by atoms with Crippen molar-refractivity contribution in [2.75, 3.05) is 30.5 Å². The minimum Gasteiger partial charge on any atom is -0.463 e. The summed E-state index contributed by atoms with van der Waals surface area (Å²) in [4.78, 5) is 12.0. The summed E-state index contributed by atoms with van der Waals surface area (Å²) in [7, 11) is 0. The smallest absolute Gasteiger partial charge is 0.322 e. The number of ether oxygens (including phenoxy) is 1. The summed E-state index contributed by atoms with van der Waals surface area (Å²) in [6.07, 6.45) is 4.03. The zero-order chi connectivity index (χ0) is 12.5. The second kappa shape index (κ2) is 8.36. The molecule has 0 aliphatic carbocycles. The Morgan fingerprint density at radius 1 is 1.35 bits per heavy atom. The fraction of sp³-hybridized carbons (Fsp3) is 0.700. The van der Waals surface area contributed by atoms with Crippen LogP contribution in [0.5, 0.6) is 6.01 Å². The molecule has 0 saturated heterocycles. The molecule has 0 saturated carbocycles. The number of hydrogen-bond acceptors (Lipinski definition) is 6. The van der Waals surface area contributed by atoms with Crippen LogP contribution in [0.1, 0.15) is 19.8 Å². The number of hydrogen-bond donors (Lipinski definition) is 1. The molecule has 1 aromatic heterocycles. The third-order valence-corrected chi connectivity index (χ3v) is 2.70. The first-order valence-corrected chi connectivity index (χ1v) is 7.30. The van der Waals surface area contributed by atoms with Gasteiger partial charge in [-0.05, 0) is 36.5 Å². The van der Waals surface area contributed by atoms with Crippen molar-refractivity contribution < 1.29 is 4.74 Å². The second-order valence-corrected chi connectivity index (χ2v) is 4.66. The number of nitrogens with zero attached hydrogens (tertiary/aromatic N) is 3. The highest BCUT2D eigenvalue weighted by atomic mass is 35.5. The first-order valence-electron chi connectivity index (χ1n) is 5.53. The molecule has 1 N–H and O–H groups in total. The molecule has 0 aromatic carbocycles. The Morgan fingerprint density at radius 3 is 2.88 bits per heavy atom. The first kappa shape index (κ1) is 14.3. The van der Waals surface area contributed by atoms with Gasteiger partial charge in [0.25, 0.3) is 0 Å². The number of anilines is 1. The molecule has 7 heteroatoms. The normalized spacial score (nSPS) is 10.3. The summed E-state index contributed by atoms with van der Waals surface area (Å²) in [6.45, 7) is 3.41. The molecule has 1 aromatic rings. The van der Waals surface area contributed by atoms with Crippen LogP contribution in [0.4, 0.5) is 5.95 Å². The van der Waals surface area contributed by atoms with Gasteiger partial charge in [0.15, 0.2) is 0 Å². The second-order valence-electron chi connectivity index (χ2n) is 3.33. The lowest BCUT2D eigenvalue weighted by Crippen LogP contribution is -2.09. The standard InChI is InChI=1S/C10H17ClN4OS/c1-3-6-16-10-14-8(11)13-9(15-10)12-5-4-7-17-2/h3-7H2,1-2H3,(H,12,13,14,15). The summed E-state index contributed by atoms with van der Waals surface area (Å²) in [6, 6.07) is 0.277. The van der Waals surface area contributed by atoms with E-state index in [2.05, 4.69) is 26.5 Å². The minimum absolute atomic E-state index is 0.151. The molecule has 0 aliphatic heterocycles. The maximum atomic E-state index is 5.78. The lowest BCUT2D eigenvalue weighted by atomic mass is 10.5. The number of aromatic nitrogens is 3. The van der Waals surface area contributed by atoms with Crippen molar-refractivity contribution >= 4 is 29.3 Å². The Morgan fingerprint density at radius 2 is 2.18 bits per heavy atom. The van der Waals surface area contributed by atoms with Gasteiger partial charge in [-0.25, -0.2) is 0 Å². The molecule has 5 nitrogen and oxygen atoms in total. The Bertz CT molecular complexity index is 340. The average Bonchev–Trinajstić information content (AvgIpc) is 2.31. The van der Waals surface area contributed by atoms with Gasteiger partial charge in [0.05, 0.1) is 6.61 Å². The van der Waals surface area contributed by atoms with Gasteiger partial charge in [-0.1, -0.05) is 6.92 Å². The van der Waals surface area contributed by atoms with E-state index < -0.39 is 0 Å². The van der Waals surface area contributed by atoms with Crippen LogP contribution in [0.2, 0.25) is 5.28 Å². The Balaban J connectivity index is 2.50. The highest BCUT2D eigenvalue weighted by Gasteiger charge is 2.05. The first-order chi connectivity index (χ1) is 8.26. The van der Waals surface area contributed by atoms with Crippen LogP contribution in [0.25, 0.3) is 0 Å². The zero-order valence-corrected chi connectivity index (χ0v) is 11.6. The van der Waals surface area contributed by atoms with E-state index in [1.807, 2.05) is 18.7 Å². The van der Waals surface area contributed by atoms with Crippen LogP contribution in [-0.2, 0) is 0 Å². The molecule has 0 bridgehead atoms. The van der Waals surface area contributed by atoms with Gasteiger partial charge < -0.3 is 10.1 Å². The number of thioether (sulfide) groups is 1. The van der Waals surface area contributed by atoms with E-state index in [4.69, 9.17) is 16.3 Å². The number of nitrogens with one attached hydrogen (secondary N) is 1. The predicted molar refractivity (Wildman–Crippen MR) is 72.1 cm³/mol. The van der Waals surface area contributed by atoms with Crippen molar-refractivity contribution in [3.05, 3.63) is 5.28 Å². The van der Waals surface area contributed by atoms with E-state index in [1.165, 1.54) is 0 Å². The minimum atomic E-state index is 0.151. The maximum Gasteiger partial charge on any atom is 0.322 e. The molecule has 1 heterocycles. The third-order valence-electron chi connectivity index (χ3n) is 1.83. The fourth-order valence-electron chi connectivity index (χ4n) is 1.09. The third kappa shape index (κ3) is 5.93. The molecule has 0 amide bonds. The Hall–Kier alpha value is -0.750. The van der Waals surface area contributed by atoms with Crippen molar-refractivity contribution in [2.45, 2.75) is 19.8 Å². The van der Waals surface area contributed by atoms with E-state index in [9.17, 15) is 0 Å². The molecule has 0 spiro atoms. The average molecular weight is 277 g/mol. The van der Waals surface area contributed by atoms with E-state index in [1.54, 1.807) is 0 Å². The van der Waals surface area contributed by atoms with Crippen LogP contribution in [-0.4, -0.2) is 40.1 Å². The topological polar surface area (TPSA) is 59.9 Å². The number of halogens is 1. The summed E-state index contributed by atoms with van der Waals surface area (Å²) < 4.78 is 5.31. The van der Waals surface area contributed by atoms with Gasteiger partial charge in [-0.2, -0.15) is 26.7 Å². The fourth-order valence-corrected chi connectivity index (χ4v) is 1.67. The van der Waals surface area contributed by atoms with E-state index >= 15 is 0 Å². The van der Waals surface area contributed by atoms with Crippen molar-refractivity contribution in [3.63, 3.8) is 0 Å². The molecule has 1 rings (SSSR count). The SMILES string of the molecule is CCCOc1nc(Cl)nc(NCCCSC)n1. The number of rotatable bonds is 8. The molecule has 0 atom stereocenters. The van der Waals surface area contributed by atoms with E-state index in [0.717, 1.165) is 25.1 Å². The molecule has 0 fully saturated rings. The van der Waals surface area contributed by atoms with Crippen LogP contribution in [0, 0.1) is 0 Å². The lowest BCUT2D eigenvalue weighted by Gasteiger charge is -2.06. The van der Waals surface area contributed by atoms with Gasteiger partial charge in [0.1, 0.15) is 0 Å². The van der Waals surface area contributed by atoms with Crippen molar-refractivity contribution in [1.82, 2.24) is 15.0 Å². The molecule has 0 unspecified atom stereocenters. The van der Waals surface area contributed by atoms with Gasteiger partial charge >= 0.3 is 6.01 Å². The van der Waals surface area contributed by atoms with Gasteiger partial charge in [-0.15, -0.1) is 0 Å². The van der Waals surface area contributed by atoms with Crippen LogP contribution in [0.3, 0.4) is 0 Å².